The van der Waals surface area contributed by atoms with Gasteiger partial charge in [-0.3, -0.25) is 4.79 Å². The number of sulfonamides is 1. The third-order valence-electron chi connectivity index (χ3n) is 9.84. The maximum absolute atomic E-state index is 14.1. The van der Waals surface area contributed by atoms with E-state index in [1.165, 1.54) is 39.7 Å². The number of amidine groups is 1. The standard InChI is InChI=1S/C38H52N8O7S/c1-4-26(2)35(43-38(49)45(3)24-30-15-10-16-32(41-30)36(39)44-51)37(48)42-33(21-27-11-6-5-7-12-27)34(47)25-46(23-29-13-8-9-14-29)54(52,53)31-19-17-28(18-20-31)22-40-50/h5-7,10-12,15-20,22,26,29,33-35,47,50-51H,4,8-9,13-14,21,23-25H2,1-3H3,(H2,39,44)(H,42,48)(H,43,49)/t26-,33-,34+,35-/m0/s1. The molecular formula is C38H52N8O7S. The number of hydrogen-bond donors (Lipinski definition) is 6. The number of carbonyl (C=O) groups excluding carboxylic acids is 2. The minimum atomic E-state index is -4.08. The largest absolute Gasteiger partial charge is 0.411 e. The monoisotopic (exact) mass is 764 g/mol. The summed E-state index contributed by atoms with van der Waals surface area (Å²) >= 11 is 0. The molecule has 0 saturated heterocycles. The molecule has 2 aromatic carbocycles. The number of urea groups is 1. The number of aliphatic hydroxyl groups is 1. The third kappa shape index (κ3) is 11.5. The molecule has 7 N–H and O–H groups in total. The number of nitrogens with one attached hydrogen (secondary N) is 2. The van der Waals surface area contributed by atoms with Crippen LogP contribution in [0.25, 0.3) is 0 Å². The molecule has 1 aliphatic rings. The van der Waals surface area contributed by atoms with Gasteiger partial charge in [0.2, 0.25) is 15.9 Å². The molecule has 3 aromatic rings. The molecule has 1 aromatic heterocycles. The van der Waals surface area contributed by atoms with Gasteiger partial charge in [-0.05, 0) is 66.5 Å². The van der Waals surface area contributed by atoms with Crippen molar-refractivity contribution >= 4 is 34.0 Å². The van der Waals surface area contributed by atoms with Crippen LogP contribution >= 0.6 is 0 Å². The normalized spacial score (nSPS) is 16.2. The van der Waals surface area contributed by atoms with Crippen molar-refractivity contribution in [1.29, 1.82) is 0 Å². The van der Waals surface area contributed by atoms with E-state index in [4.69, 9.17) is 16.1 Å². The molecule has 54 heavy (non-hydrogen) atoms. The van der Waals surface area contributed by atoms with Crippen molar-refractivity contribution in [2.45, 2.75) is 82.0 Å². The Hall–Kier alpha value is -5.06. The maximum atomic E-state index is 14.1. The van der Waals surface area contributed by atoms with E-state index in [-0.39, 0.29) is 54.3 Å². The summed E-state index contributed by atoms with van der Waals surface area (Å²) < 4.78 is 29.5. The number of rotatable bonds is 18. The lowest BCUT2D eigenvalue weighted by Crippen LogP contribution is -2.58. The van der Waals surface area contributed by atoms with Crippen LogP contribution in [0.2, 0.25) is 0 Å². The number of aliphatic hydroxyl groups excluding tert-OH is 1. The van der Waals surface area contributed by atoms with Crippen molar-refractivity contribution in [2.24, 2.45) is 27.9 Å². The third-order valence-corrected chi connectivity index (χ3v) is 11.7. The second-order valence-corrected chi connectivity index (χ2v) is 15.8. The summed E-state index contributed by atoms with van der Waals surface area (Å²) in [5.74, 6) is -0.886. The van der Waals surface area contributed by atoms with Gasteiger partial charge in [0.1, 0.15) is 11.7 Å². The molecule has 0 unspecified atom stereocenters. The highest BCUT2D eigenvalue weighted by Gasteiger charge is 2.35. The topological polar surface area (TPSA) is 223 Å². The number of hydrogen-bond acceptors (Lipinski definition) is 10. The molecule has 0 bridgehead atoms. The zero-order chi connectivity index (χ0) is 39.3. The van der Waals surface area contributed by atoms with Crippen LogP contribution in [0.3, 0.4) is 0 Å². The Morgan fingerprint density at radius 1 is 1.02 bits per heavy atom. The van der Waals surface area contributed by atoms with Crippen LogP contribution in [-0.4, -0.2) is 100 Å². The fraction of sp³-hybridized carbons (Fsp3) is 0.447. The summed E-state index contributed by atoms with van der Waals surface area (Å²) in [4.78, 5) is 33.3. The summed E-state index contributed by atoms with van der Waals surface area (Å²) in [6.45, 7) is 3.72. The number of nitrogens with zero attached hydrogens (tertiary/aromatic N) is 5. The zero-order valence-electron chi connectivity index (χ0n) is 31.0. The minimum absolute atomic E-state index is 0.0296. The average Bonchev–Trinajstić information content (AvgIpc) is 3.69. The van der Waals surface area contributed by atoms with Crippen molar-refractivity contribution in [2.75, 3.05) is 20.1 Å². The predicted molar refractivity (Wildman–Crippen MR) is 205 cm³/mol. The SMILES string of the molecule is CC[C@H](C)[C@H](NC(=O)N(C)Cc1cccc(C(N)=NO)n1)C(=O)N[C@@H](Cc1ccccc1)[C@H](O)CN(CC1CCCC1)S(=O)(=O)c1ccc(C=NO)cc1. The first kappa shape index (κ1) is 41.7. The molecule has 1 saturated carbocycles. The van der Waals surface area contributed by atoms with Gasteiger partial charge >= 0.3 is 6.03 Å². The van der Waals surface area contributed by atoms with Crippen LogP contribution in [0.5, 0.6) is 0 Å². The van der Waals surface area contributed by atoms with Crippen molar-refractivity contribution in [3.63, 3.8) is 0 Å². The summed E-state index contributed by atoms with van der Waals surface area (Å²) in [5, 5.41) is 41.6. The molecule has 4 rings (SSSR count). The number of pyridine rings is 1. The molecule has 16 heteroatoms. The molecule has 15 nitrogen and oxygen atoms in total. The predicted octanol–water partition coefficient (Wildman–Crippen LogP) is 3.51. The lowest BCUT2D eigenvalue weighted by atomic mass is 9.96. The van der Waals surface area contributed by atoms with Gasteiger partial charge in [-0.15, -0.1) is 0 Å². The summed E-state index contributed by atoms with van der Waals surface area (Å²) in [6, 6.07) is 17.7. The van der Waals surface area contributed by atoms with Gasteiger partial charge < -0.3 is 36.8 Å². The Kier molecular flexibility index (Phi) is 15.3. The van der Waals surface area contributed by atoms with E-state index in [0.29, 0.717) is 17.7 Å². The number of nitrogens with two attached hydrogens (primary N) is 1. The van der Waals surface area contributed by atoms with E-state index in [2.05, 4.69) is 25.9 Å². The zero-order valence-corrected chi connectivity index (χ0v) is 31.8. The summed E-state index contributed by atoms with van der Waals surface area (Å²) in [6.07, 6.45) is 4.36. The van der Waals surface area contributed by atoms with Gasteiger partial charge in [-0.1, -0.05) is 92.0 Å². The molecule has 4 atom stereocenters. The Labute approximate surface area is 317 Å². The molecule has 3 amide bonds. The van der Waals surface area contributed by atoms with Crippen molar-refractivity contribution < 1.29 is 33.5 Å². The Morgan fingerprint density at radius 3 is 2.33 bits per heavy atom. The van der Waals surface area contributed by atoms with Crippen LogP contribution in [-0.2, 0) is 27.8 Å². The first-order valence-electron chi connectivity index (χ1n) is 18.1. The number of carbonyl (C=O) groups is 2. The van der Waals surface area contributed by atoms with Crippen molar-refractivity contribution in [3.8, 4) is 0 Å². The molecule has 1 heterocycles. The highest BCUT2D eigenvalue weighted by atomic mass is 32.2. The quantitative estimate of drug-likeness (QED) is 0.0482. The molecule has 0 radical (unpaired) electrons. The number of aromatic nitrogens is 1. The lowest BCUT2D eigenvalue weighted by molar-refractivity contribution is -0.125. The average molecular weight is 765 g/mol. The second kappa shape index (κ2) is 19.9. The highest BCUT2D eigenvalue weighted by molar-refractivity contribution is 7.89. The molecule has 1 fully saturated rings. The first-order chi connectivity index (χ1) is 25.9. The van der Waals surface area contributed by atoms with E-state index in [1.807, 2.05) is 44.2 Å². The molecule has 0 spiro atoms. The van der Waals surface area contributed by atoms with E-state index < -0.39 is 40.1 Å². The number of amides is 3. The summed E-state index contributed by atoms with van der Waals surface area (Å²) in [7, 11) is -2.53. The minimum Gasteiger partial charge on any atom is -0.411 e. The highest BCUT2D eigenvalue weighted by Crippen LogP contribution is 2.28. The van der Waals surface area contributed by atoms with E-state index in [9.17, 15) is 23.1 Å². The molecule has 0 aliphatic heterocycles. The smallest absolute Gasteiger partial charge is 0.318 e. The van der Waals surface area contributed by atoms with Gasteiger partial charge in [0, 0.05) is 20.1 Å². The van der Waals surface area contributed by atoms with Gasteiger partial charge in [-0.2, -0.15) is 4.31 Å². The van der Waals surface area contributed by atoms with Crippen LogP contribution in [0.15, 0.2) is 88.0 Å². The van der Waals surface area contributed by atoms with Gasteiger partial charge in [0.05, 0.1) is 35.5 Å². The molecule has 292 valence electrons. The van der Waals surface area contributed by atoms with Crippen LogP contribution < -0.4 is 16.4 Å². The van der Waals surface area contributed by atoms with E-state index in [1.54, 1.807) is 25.2 Å². The van der Waals surface area contributed by atoms with E-state index >= 15 is 0 Å². The Bertz CT molecular complexity index is 1840. The van der Waals surface area contributed by atoms with Crippen molar-refractivity contribution in [1.82, 2.24) is 24.8 Å². The lowest BCUT2D eigenvalue weighted by Gasteiger charge is -2.33. The van der Waals surface area contributed by atoms with E-state index in [0.717, 1.165) is 31.2 Å². The number of benzene rings is 2. The van der Waals surface area contributed by atoms with Gasteiger partial charge in [0.25, 0.3) is 0 Å². The van der Waals surface area contributed by atoms with Crippen LogP contribution in [0.4, 0.5) is 4.79 Å². The Balaban J connectivity index is 1.57. The summed E-state index contributed by atoms with van der Waals surface area (Å²) in [5.41, 5.74) is 7.72. The van der Waals surface area contributed by atoms with Crippen LogP contribution in [0.1, 0.15) is 68.5 Å². The fourth-order valence-corrected chi connectivity index (χ4v) is 8.01. The van der Waals surface area contributed by atoms with Gasteiger partial charge in [0.15, 0.2) is 5.84 Å². The van der Waals surface area contributed by atoms with Crippen LogP contribution in [0, 0.1) is 11.8 Å². The van der Waals surface area contributed by atoms with Crippen molar-refractivity contribution in [3.05, 3.63) is 95.3 Å². The maximum Gasteiger partial charge on any atom is 0.318 e. The molecule has 1 aliphatic carbocycles. The van der Waals surface area contributed by atoms with Gasteiger partial charge in [-0.25, -0.2) is 18.2 Å². The Morgan fingerprint density at radius 2 is 1.70 bits per heavy atom. The first-order valence-corrected chi connectivity index (χ1v) is 19.6. The molecular weight excluding hydrogens is 713 g/mol. The number of oxime groups is 2. The second-order valence-electron chi connectivity index (χ2n) is 13.8. The fourth-order valence-electron chi connectivity index (χ4n) is 6.47.